The van der Waals surface area contributed by atoms with E-state index in [1.54, 1.807) is 18.2 Å². The third-order valence-corrected chi connectivity index (χ3v) is 4.08. The normalized spacial score (nSPS) is 10.8. The lowest BCUT2D eigenvalue weighted by atomic mass is 10.1. The van der Waals surface area contributed by atoms with E-state index < -0.39 is 11.7 Å². The summed E-state index contributed by atoms with van der Waals surface area (Å²) in [6.45, 7) is 2.52. The molecule has 0 unspecified atom stereocenters. The summed E-state index contributed by atoms with van der Waals surface area (Å²) in [5, 5.41) is 0.895. The van der Waals surface area contributed by atoms with Gasteiger partial charge in [-0.2, -0.15) is 0 Å². The summed E-state index contributed by atoms with van der Waals surface area (Å²) in [4.78, 5) is 29.4. The number of H-pyrrole nitrogens is 1. The highest BCUT2D eigenvalue weighted by atomic mass is 19.1. The number of halogens is 1. The first-order valence-corrected chi connectivity index (χ1v) is 8.25. The van der Waals surface area contributed by atoms with Gasteiger partial charge in [0.15, 0.2) is 0 Å². The lowest BCUT2D eigenvalue weighted by Crippen LogP contribution is -2.34. The Labute approximate surface area is 144 Å². The van der Waals surface area contributed by atoms with E-state index in [1.807, 2.05) is 31.2 Å². The van der Waals surface area contributed by atoms with Crippen molar-refractivity contribution in [3.63, 3.8) is 0 Å². The van der Waals surface area contributed by atoms with Gasteiger partial charge in [0.05, 0.1) is 12.1 Å². The summed E-state index contributed by atoms with van der Waals surface area (Å²) < 4.78 is 14.0. The number of para-hydroxylation sites is 1. The fourth-order valence-corrected chi connectivity index (χ4v) is 2.84. The highest BCUT2D eigenvalue weighted by Gasteiger charge is 2.19. The zero-order valence-corrected chi connectivity index (χ0v) is 14.0. The summed E-state index contributed by atoms with van der Waals surface area (Å²) in [6.07, 6.45) is 0.714. The average molecular weight is 338 g/mol. The quantitative estimate of drug-likeness (QED) is 0.771. The summed E-state index contributed by atoms with van der Waals surface area (Å²) in [5.41, 5.74) is 1.02. The number of fused-ring (bicyclic) bond motifs is 1. The summed E-state index contributed by atoms with van der Waals surface area (Å²) in [5.74, 6) is -0.964. The number of rotatable bonds is 5. The molecular formula is C20H19FN2O2. The van der Waals surface area contributed by atoms with Gasteiger partial charge >= 0.3 is 0 Å². The van der Waals surface area contributed by atoms with Crippen molar-refractivity contribution in [1.29, 1.82) is 0 Å². The number of benzene rings is 2. The molecule has 0 saturated carbocycles. The molecule has 3 rings (SSSR count). The molecule has 1 amide bonds. The first-order chi connectivity index (χ1) is 12.1. The van der Waals surface area contributed by atoms with Gasteiger partial charge in [-0.25, -0.2) is 4.39 Å². The first kappa shape index (κ1) is 16.9. The number of hydrogen-bond acceptors (Lipinski definition) is 2. The number of pyridine rings is 1. The minimum Gasteiger partial charge on any atom is -0.334 e. The minimum absolute atomic E-state index is 0.0215. The van der Waals surface area contributed by atoms with Gasteiger partial charge in [0, 0.05) is 17.6 Å². The van der Waals surface area contributed by atoms with E-state index in [9.17, 15) is 14.0 Å². The number of aromatic amines is 1. The van der Waals surface area contributed by atoms with Crippen LogP contribution in [-0.2, 0) is 6.54 Å². The molecule has 5 heteroatoms. The van der Waals surface area contributed by atoms with Crippen LogP contribution >= 0.6 is 0 Å². The van der Waals surface area contributed by atoms with Crippen LogP contribution in [-0.4, -0.2) is 22.3 Å². The van der Waals surface area contributed by atoms with E-state index in [0.29, 0.717) is 18.5 Å². The molecule has 25 heavy (non-hydrogen) atoms. The van der Waals surface area contributed by atoms with Crippen molar-refractivity contribution in [1.82, 2.24) is 9.88 Å². The molecule has 0 radical (unpaired) electrons. The second-order valence-electron chi connectivity index (χ2n) is 5.92. The maximum Gasteiger partial charge on any atom is 0.257 e. The first-order valence-electron chi connectivity index (χ1n) is 8.25. The van der Waals surface area contributed by atoms with Crippen molar-refractivity contribution in [2.75, 3.05) is 6.54 Å². The average Bonchev–Trinajstić information content (AvgIpc) is 2.61. The number of nitrogens with zero attached hydrogens (tertiary/aromatic N) is 1. The summed E-state index contributed by atoms with van der Waals surface area (Å²) in [6, 6.07) is 15.2. The number of amides is 1. The number of carbonyl (C=O) groups is 1. The molecule has 0 aliphatic heterocycles. The molecule has 0 aliphatic rings. The molecule has 0 saturated heterocycles. The van der Waals surface area contributed by atoms with E-state index in [-0.39, 0.29) is 17.7 Å². The lowest BCUT2D eigenvalue weighted by molar-refractivity contribution is 0.0738. The molecule has 1 aromatic heterocycles. The van der Waals surface area contributed by atoms with Crippen LogP contribution in [0.4, 0.5) is 4.39 Å². The van der Waals surface area contributed by atoms with E-state index in [0.717, 1.165) is 10.9 Å². The van der Waals surface area contributed by atoms with Gasteiger partial charge < -0.3 is 9.88 Å². The zero-order chi connectivity index (χ0) is 17.8. The van der Waals surface area contributed by atoms with Crippen LogP contribution in [0.1, 0.15) is 29.3 Å². The Balaban J connectivity index is 1.95. The molecule has 1 heterocycles. The standard InChI is InChI=1S/C20H19FN2O2/c1-2-11-23(20(25)16-8-4-5-9-17(16)21)13-15-12-14-7-3-6-10-18(14)22-19(15)24/h3-10,12H,2,11,13H2,1H3,(H,22,24). The number of nitrogens with one attached hydrogen (secondary N) is 1. The van der Waals surface area contributed by atoms with Crippen LogP contribution in [0.5, 0.6) is 0 Å². The second kappa shape index (κ2) is 7.30. The van der Waals surface area contributed by atoms with Gasteiger partial charge in [-0.3, -0.25) is 9.59 Å². The highest BCUT2D eigenvalue weighted by molar-refractivity contribution is 5.94. The van der Waals surface area contributed by atoms with Crippen molar-refractivity contribution in [3.8, 4) is 0 Å². The largest absolute Gasteiger partial charge is 0.334 e. The third kappa shape index (κ3) is 3.60. The number of hydrogen-bond donors (Lipinski definition) is 1. The second-order valence-corrected chi connectivity index (χ2v) is 5.92. The van der Waals surface area contributed by atoms with Crippen molar-refractivity contribution in [2.45, 2.75) is 19.9 Å². The van der Waals surface area contributed by atoms with Crippen molar-refractivity contribution >= 4 is 16.8 Å². The molecule has 4 nitrogen and oxygen atoms in total. The van der Waals surface area contributed by atoms with Crippen LogP contribution in [0.25, 0.3) is 10.9 Å². The van der Waals surface area contributed by atoms with Crippen molar-refractivity contribution < 1.29 is 9.18 Å². The molecule has 2 aromatic carbocycles. The van der Waals surface area contributed by atoms with Crippen LogP contribution in [0, 0.1) is 5.82 Å². The smallest absolute Gasteiger partial charge is 0.257 e. The van der Waals surface area contributed by atoms with Gasteiger partial charge in [-0.1, -0.05) is 37.3 Å². The van der Waals surface area contributed by atoms with E-state index in [4.69, 9.17) is 0 Å². The molecule has 0 atom stereocenters. The van der Waals surface area contributed by atoms with Gasteiger partial charge in [0.25, 0.3) is 11.5 Å². The van der Waals surface area contributed by atoms with Crippen LogP contribution in [0.15, 0.2) is 59.4 Å². The van der Waals surface area contributed by atoms with Crippen LogP contribution < -0.4 is 5.56 Å². The molecule has 1 N–H and O–H groups in total. The monoisotopic (exact) mass is 338 g/mol. The molecule has 0 fully saturated rings. The van der Waals surface area contributed by atoms with Crippen molar-refractivity contribution in [3.05, 3.63) is 81.9 Å². The van der Waals surface area contributed by atoms with Crippen molar-refractivity contribution in [2.24, 2.45) is 0 Å². The van der Waals surface area contributed by atoms with Gasteiger partial charge in [0.1, 0.15) is 5.82 Å². The maximum atomic E-state index is 14.0. The minimum atomic E-state index is -0.555. The lowest BCUT2D eigenvalue weighted by Gasteiger charge is -2.22. The predicted molar refractivity (Wildman–Crippen MR) is 96.0 cm³/mol. The predicted octanol–water partition coefficient (Wildman–Crippen LogP) is 3.72. The Morgan fingerprint density at radius 2 is 1.84 bits per heavy atom. The van der Waals surface area contributed by atoms with E-state index in [2.05, 4.69) is 4.98 Å². The SMILES string of the molecule is CCCN(Cc1cc2ccccc2[nH]c1=O)C(=O)c1ccccc1F. The molecule has 0 bridgehead atoms. The topological polar surface area (TPSA) is 53.2 Å². The third-order valence-electron chi connectivity index (χ3n) is 4.08. The fourth-order valence-electron chi connectivity index (χ4n) is 2.84. The molecule has 0 spiro atoms. The maximum absolute atomic E-state index is 14.0. The van der Waals surface area contributed by atoms with Gasteiger partial charge in [-0.05, 0) is 36.1 Å². The number of carbonyl (C=O) groups excluding carboxylic acids is 1. The molecule has 3 aromatic rings. The molecule has 128 valence electrons. The van der Waals surface area contributed by atoms with Crippen LogP contribution in [0.3, 0.4) is 0 Å². The Bertz CT molecular complexity index is 965. The Hall–Kier alpha value is -2.95. The van der Waals surface area contributed by atoms with Gasteiger partial charge in [0.2, 0.25) is 0 Å². The van der Waals surface area contributed by atoms with E-state index >= 15 is 0 Å². The summed E-state index contributed by atoms with van der Waals surface area (Å²) >= 11 is 0. The molecule has 0 aliphatic carbocycles. The highest BCUT2D eigenvalue weighted by Crippen LogP contribution is 2.15. The van der Waals surface area contributed by atoms with Gasteiger partial charge in [-0.15, -0.1) is 0 Å². The Morgan fingerprint density at radius 3 is 2.60 bits per heavy atom. The van der Waals surface area contributed by atoms with E-state index in [1.165, 1.54) is 17.0 Å². The fraction of sp³-hybridized carbons (Fsp3) is 0.200. The number of aromatic nitrogens is 1. The zero-order valence-electron chi connectivity index (χ0n) is 14.0. The Kier molecular flexibility index (Phi) is 4.93. The molecular weight excluding hydrogens is 319 g/mol. The Morgan fingerprint density at radius 1 is 1.12 bits per heavy atom. The summed E-state index contributed by atoms with van der Waals surface area (Å²) in [7, 11) is 0. The van der Waals surface area contributed by atoms with Crippen LogP contribution in [0.2, 0.25) is 0 Å².